The molecule has 1 aliphatic carbocycles. The highest BCUT2D eigenvalue weighted by Crippen LogP contribution is 2.32. The predicted octanol–water partition coefficient (Wildman–Crippen LogP) is 3.99. The molecule has 1 aromatic carbocycles. The van der Waals surface area contributed by atoms with Crippen molar-refractivity contribution < 1.29 is 18.7 Å². The SMILES string of the molecule is C.CC(=O)N1CC[C@@H](n2c(Nc3ccc(F)cc3F)nc3cnc(NC4CCC(O)CC4)nc32)C1. The van der Waals surface area contributed by atoms with Crippen molar-refractivity contribution in [2.24, 2.45) is 0 Å². The first-order valence-corrected chi connectivity index (χ1v) is 11.5. The van der Waals surface area contributed by atoms with Crippen molar-refractivity contribution in [3.05, 3.63) is 36.0 Å². The van der Waals surface area contributed by atoms with Crippen molar-refractivity contribution in [1.82, 2.24) is 24.4 Å². The van der Waals surface area contributed by atoms with Crippen LogP contribution in [0.3, 0.4) is 0 Å². The maximum atomic E-state index is 14.4. The highest BCUT2D eigenvalue weighted by atomic mass is 19.1. The number of benzene rings is 1. The molecule has 0 unspecified atom stereocenters. The Labute approximate surface area is 202 Å². The zero-order chi connectivity index (χ0) is 23.8. The Morgan fingerprint density at radius 3 is 2.60 bits per heavy atom. The Morgan fingerprint density at radius 2 is 1.91 bits per heavy atom. The summed E-state index contributed by atoms with van der Waals surface area (Å²) in [6, 6.07) is 3.36. The average Bonchev–Trinajstić information content (AvgIpc) is 3.41. The van der Waals surface area contributed by atoms with E-state index in [1.54, 1.807) is 11.1 Å². The predicted molar refractivity (Wildman–Crippen MR) is 129 cm³/mol. The molecule has 1 atom stereocenters. The second kappa shape index (κ2) is 10.1. The highest BCUT2D eigenvalue weighted by Gasteiger charge is 2.30. The highest BCUT2D eigenvalue weighted by molar-refractivity contribution is 5.77. The average molecular weight is 488 g/mol. The molecule has 2 aliphatic rings. The first kappa shape index (κ1) is 24.8. The van der Waals surface area contributed by atoms with E-state index in [9.17, 15) is 18.7 Å². The zero-order valence-corrected chi connectivity index (χ0v) is 18.8. The molecule has 3 aromatic rings. The summed E-state index contributed by atoms with van der Waals surface area (Å²) in [7, 11) is 0. The van der Waals surface area contributed by atoms with E-state index in [2.05, 4.69) is 20.6 Å². The molecule has 1 amide bonds. The molecule has 1 aliphatic heterocycles. The third kappa shape index (κ3) is 5.19. The van der Waals surface area contributed by atoms with Gasteiger partial charge in [0, 0.05) is 32.1 Å². The summed E-state index contributed by atoms with van der Waals surface area (Å²) in [6.45, 7) is 2.62. The Bertz CT molecular complexity index is 1210. The molecule has 3 heterocycles. The number of anilines is 3. The van der Waals surface area contributed by atoms with Gasteiger partial charge < -0.3 is 20.6 Å². The van der Waals surface area contributed by atoms with Gasteiger partial charge in [0.1, 0.15) is 17.2 Å². The van der Waals surface area contributed by atoms with Gasteiger partial charge in [-0.15, -0.1) is 0 Å². The van der Waals surface area contributed by atoms with E-state index in [-0.39, 0.29) is 37.2 Å². The lowest BCUT2D eigenvalue weighted by molar-refractivity contribution is -0.127. The maximum Gasteiger partial charge on any atom is 0.224 e. The lowest BCUT2D eigenvalue weighted by Crippen LogP contribution is -2.29. The van der Waals surface area contributed by atoms with E-state index in [1.807, 2.05) is 4.57 Å². The topological polar surface area (TPSA) is 108 Å². The quantitative estimate of drug-likeness (QED) is 0.499. The molecular formula is C24H31F2N7O2. The van der Waals surface area contributed by atoms with Gasteiger partial charge in [0.15, 0.2) is 5.65 Å². The van der Waals surface area contributed by atoms with Gasteiger partial charge in [-0.1, -0.05) is 7.43 Å². The number of amides is 1. The number of carbonyl (C=O) groups is 1. The minimum atomic E-state index is -0.733. The van der Waals surface area contributed by atoms with Gasteiger partial charge in [-0.25, -0.2) is 18.7 Å². The second-order valence-corrected chi connectivity index (χ2v) is 9.01. The van der Waals surface area contributed by atoms with E-state index >= 15 is 0 Å². The standard InChI is InChI=1S/C23H27F2N7O2.CH4/c1-13(33)31-9-8-16(12-31)32-21-20(29-23(32)28-19-7-2-14(24)10-18(19)25)11-26-22(30-21)27-15-3-5-17(34)6-4-15;/h2,7,10-11,15-17,34H,3-6,8-9,12H2,1H3,(H,28,29)(H,26,27,30);1H4/t15?,16-,17?;/m1./s1. The lowest BCUT2D eigenvalue weighted by Gasteiger charge is -2.26. The monoisotopic (exact) mass is 487 g/mol. The van der Waals surface area contributed by atoms with Gasteiger partial charge in [0.05, 0.1) is 24.0 Å². The van der Waals surface area contributed by atoms with Crippen LogP contribution in [0.2, 0.25) is 0 Å². The fourth-order valence-electron chi connectivity index (χ4n) is 4.75. The first-order valence-electron chi connectivity index (χ1n) is 11.5. The molecule has 0 radical (unpaired) electrons. The van der Waals surface area contributed by atoms with Crippen molar-refractivity contribution in [2.75, 3.05) is 23.7 Å². The molecule has 11 heteroatoms. The van der Waals surface area contributed by atoms with Crippen molar-refractivity contribution in [1.29, 1.82) is 0 Å². The number of carbonyl (C=O) groups excluding carboxylic acids is 1. The number of aliphatic hydroxyl groups is 1. The molecule has 2 aromatic heterocycles. The number of likely N-dealkylation sites (tertiary alicyclic amines) is 1. The number of nitrogens with zero attached hydrogens (tertiary/aromatic N) is 5. The van der Waals surface area contributed by atoms with Crippen molar-refractivity contribution >= 4 is 34.7 Å². The van der Waals surface area contributed by atoms with E-state index in [0.717, 1.165) is 31.7 Å². The summed E-state index contributed by atoms with van der Waals surface area (Å²) in [6.07, 6.45) is 5.18. The summed E-state index contributed by atoms with van der Waals surface area (Å²) >= 11 is 0. The van der Waals surface area contributed by atoms with Crippen molar-refractivity contribution in [2.45, 2.75) is 64.6 Å². The molecule has 3 N–H and O–H groups in total. The summed E-state index contributed by atoms with van der Waals surface area (Å²) in [5, 5.41) is 16.1. The molecular weight excluding hydrogens is 456 g/mol. The van der Waals surface area contributed by atoms with Crippen LogP contribution in [0.1, 0.15) is 52.5 Å². The van der Waals surface area contributed by atoms with Gasteiger partial charge in [0.25, 0.3) is 0 Å². The van der Waals surface area contributed by atoms with Gasteiger partial charge in [-0.2, -0.15) is 4.98 Å². The summed E-state index contributed by atoms with van der Waals surface area (Å²) in [5.74, 6) is -0.605. The Kier molecular flexibility index (Phi) is 7.15. The van der Waals surface area contributed by atoms with Gasteiger partial charge in [-0.05, 0) is 44.2 Å². The molecule has 5 rings (SSSR count). The van der Waals surface area contributed by atoms with Gasteiger partial charge in [-0.3, -0.25) is 9.36 Å². The number of aromatic nitrogens is 4. The number of rotatable bonds is 5. The molecule has 1 saturated carbocycles. The lowest BCUT2D eigenvalue weighted by atomic mass is 9.93. The van der Waals surface area contributed by atoms with Crippen LogP contribution >= 0.6 is 0 Å². The fourth-order valence-corrected chi connectivity index (χ4v) is 4.75. The normalized spacial score (nSPS) is 22.2. The minimum Gasteiger partial charge on any atom is -0.393 e. The third-order valence-electron chi connectivity index (χ3n) is 6.61. The summed E-state index contributed by atoms with van der Waals surface area (Å²) in [5.41, 5.74) is 1.18. The van der Waals surface area contributed by atoms with Crippen LogP contribution in [0.4, 0.5) is 26.4 Å². The molecule has 1 saturated heterocycles. The smallest absolute Gasteiger partial charge is 0.224 e. The molecule has 0 spiro atoms. The number of hydrogen-bond acceptors (Lipinski definition) is 7. The summed E-state index contributed by atoms with van der Waals surface area (Å²) < 4.78 is 29.6. The maximum absolute atomic E-state index is 14.4. The van der Waals surface area contributed by atoms with Crippen LogP contribution in [-0.4, -0.2) is 60.7 Å². The van der Waals surface area contributed by atoms with E-state index in [4.69, 9.17) is 4.98 Å². The number of hydrogen-bond donors (Lipinski definition) is 3. The molecule has 2 fully saturated rings. The first-order chi connectivity index (χ1) is 16.4. The molecule has 188 valence electrons. The van der Waals surface area contributed by atoms with E-state index in [0.29, 0.717) is 42.6 Å². The molecule has 9 nitrogen and oxygen atoms in total. The molecule has 0 bridgehead atoms. The Balaban J connectivity index is 0.00000289. The van der Waals surface area contributed by atoms with E-state index in [1.165, 1.54) is 19.1 Å². The van der Waals surface area contributed by atoms with Crippen LogP contribution in [0.5, 0.6) is 0 Å². The Morgan fingerprint density at radius 1 is 1.14 bits per heavy atom. The number of aliphatic hydroxyl groups excluding tert-OH is 1. The Hall–Kier alpha value is -3.34. The fraction of sp³-hybridized carbons (Fsp3) is 0.500. The van der Waals surface area contributed by atoms with Crippen molar-refractivity contribution in [3.8, 4) is 0 Å². The van der Waals surface area contributed by atoms with Crippen LogP contribution in [0.15, 0.2) is 24.4 Å². The van der Waals surface area contributed by atoms with Gasteiger partial charge in [0.2, 0.25) is 17.8 Å². The number of halogens is 2. The second-order valence-electron chi connectivity index (χ2n) is 9.01. The molecule has 35 heavy (non-hydrogen) atoms. The zero-order valence-electron chi connectivity index (χ0n) is 18.8. The largest absolute Gasteiger partial charge is 0.393 e. The summed E-state index contributed by atoms with van der Waals surface area (Å²) in [4.78, 5) is 27.4. The van der Waals surface area contributed by atoms with Crippen LogP contribution in [0, 0.1) is 11.6 Å². The van der Waals surface area contributed by atoms with Crippen LogP contribution in [0.25, 0.3) is 11.2 Å². The number of fused-ring (bicyclic) bond motifs is 1. The van der Waals surface area contributed by atoms with Gasteiger partial charge >= 0.3 is 0 Å². The number of nitrogens with one attached hydrogen (secondary N) is 2. The third-order valence-corrected chi connectivity index (χ3v) is 6.61. The number of imidazole rings is 1. The van der Waals surface area contributed by atoms with E-state index < -0.39 is 11.6 Å². The van der Waals surface area contributed by atoms with Crippen molar-refractivity contribution in [3.63, 3.8) is 0 Å². The minimum absolute atomic E-state index is 0. The van der Waals surface area contributed by atoms with Crippen LogP contribution < -0.4 is 10.6 Å². The van der Waals surface area contributed by atoms with Crippen LogP contribution in [-0.2, 0) is 4.79 Å².